The first-order chi connectivity index (χ1) is 9.59. The standard InChI is InChI=1S/C12H8F6N2O/c13-11(14,15)10(12(16,17)18)7-3-1-6(2-4-7)8-5-9(19)21-20-8/h1-5,10H,19H2. The Bertz CT molecular complexity index is 600. The fourth-order valence-electron chi connectivity index (χ4n) is 1.84. The van der Waals surface area contributed by atoms with Gasteiger partial charge in [0.15, 0.2) is 5.92 Å². The number of nitrogens with zero attached hydrogens (tertiary/aromatic N) is 1. The maximum absolute atomic E-state index is 12.6. The molecule has 0 amide bonds. The summed E-state index contributed by atoms with van der Waals surface area (Å²) in [6.07, 6.45) is -10.8. The number of anilines is 1. The quantitative estimate of drug-likeness (QED) is 0.848. The minimum absolute atomic E-state index is 0.0162. The summed E-state index contributed by atoms with van der Waals surface area (Å²) < 4.78 is 80.0. The molecule has 1 aromatic heterocycles. The first-order valence-corrected chi connectivity index (χ1v) is 5.55. The van der Waals surface area contributed by atoms with E-state index in [1.165, 1.54) is 6.07 Å². The average Bonchev–Trinajstić information content (AvgIpc) is 2.73. The number of benzene rings is 1. The minimum Gasteiger partial charge on any atom is -0.368 e. The van der Waals surface area contributed by atoms with Crippen molar-refractivity contribution in [3.05, 3.63) is 35.9 Å². The smallest absolute Gasteiger partial charge is 0.368 e. The Balaban J connectivity index is 2.37. The molecule has 1 heterocycles. The average molecular weight is 310 g/mol. The van der Waals surface area contributed by atoms with E-state index < -0.39 is 23.8 Å². The highest BCUT2D eigenvalue weighted by Gasteiger charge is 2.57. The van der Waals surface area contributed by atoms with Crippen molar-refractivity contribution < 1.29 is 30.9 Å². The summed E-state index contributed by atoms with van der Waals surface area (Å²) in [4.78, 5) is 0. The molecule has 0 saturated heterocycles. The minimum atomic E-state index is -5.42. The topological polar surface area (TPSA) is 52.0 Å². The molecule has 3 nitrogen and oxygen atoms in total. The van der Waals surface area contributed by atoms with Crippen molar-refractivity contribution in [1.82, 2.24) is 5.16 Å². The van der Waals surface area contributed by atoms with Crippen molar-refractivity contribution in [3.8, 4) is 11.3 Å². The van der Waals surface area contributed by atoms with E-state index in [1.807, 2.05) is 0 Å². The van der Waals surface area contributed by atoms with Gasteiger partial charge in [0.2, 0.25) is 5.88 Å². The summed E-state index contributed by atoms with van der Waals surface area (Å²) in [6, 6.07) is 5.01. The summed E-state index contributed by atoms with van der Waals surface area (Å²) in [5, 5.41) is 3.51. The molecule has 0 spiro atoms. The van der Waals surface area contributed by atoms with Crippen molar-refractivity contribution in [1.29, 1.82) is 0 Å². The number of aromatic nitrogens is 1. The molecule has 1 aromatic carbocycles. The van der Waals surface area contributed by atoms with Crippen LogP contribution in [0.25, 0.3) is 11.3 Å². The van der Waals surface area contributed by atoms with Gasteiger partial charge in [0.05, 0.1) is 0 Å². The summed E-state index contributed by atoms with van der Waals surface area (Å²) >= 11 is 0. The number of hydrogen-bond acceptors (Lipinski definition) is 3. The van der Waals surface area contributed by atoms with E-state index in [9.17, 15) is 26.3 Å². The maximum Gasteiger partial charge on any atom is 0.404 e. The molecule has 0 bridgehead atoms. The van der Waals surface area contributed by atoms with Gasteiger partial charge in [-0.3, -0.25) is 0 Å². The second-order valence-corrected chi connectivity index (χ2v) is 4.25. The largest absolute Gasteiger partial charge is 0.404 e. The molecule has 0 radical (unpaired) electrons. The van der Waals surface area contributed by atoms with Crippen LogP contribution in [-0.2, 0) is 0 Å². The predicted octanol–water partition coefficient (Wildman–Crippen LogP) is 4.13. The Morgan fingerprint density at radius 3 is 1.86 bits per heavy atom. The lowest BCUT2D eigenvalue weighted by molar-refractivity contribution is -0.253. The zero-order valence-corrected chi connectivity index (χ0v) is 10.2. The number of hydrogen-bond donors (Lipinski definition) is 1. The number of rotatable bonds is 2. The molecule has 2 N–H and O–H groups in total. The van der Waals surface area contributed by atoms with Gasteiger partial charge >= 0.3 is 12.4 Å². The molecule has 0 fully saturated rings. The first-order valence-electron chi connectivity index (χ1n) is 5.55. The van der Waals surface area contributed by atoms with E-state index in [4.69, 9.17) is 5.73 Å². The third-order valence-electron chi connectivity index (χ3n) is 2.72. The van der Waals surface area contributed by atoms with Crippen LogP contribution in [0.15, 0.2) is 34.9 Å². The van der Waals surface area contributed by atoms with Gasteiger partial charge in [-0.2, -0.15) is 26.3 Å². The van der Waals surface area contributed by atoms with E-state index in [-0.39, 0.29) is 11.6 Å². The van der Waals surface area contributed by atoms with Crippen molar-refractivity contribution in [3.63, 3.8) is 0 Å². The van der Waals surface area contributed by atoms with Crippen LogP contribution >= 0.6 is 0 Å². The molecule has 0 aliphatic heterocycles. The zero-order valence-electron chi connectivity index (χ0n) is 10.2. The van der Waals surface area contributed by atoms with E-state index in [2.05, 4.69) is 9.68 Å². The molecule has 0 aliphatic rings. The van der Waals surface area contributed by atoms with Crippen LogP contribution in [0.3, 0.4) is 0 Å². The third kappa shape index (κ3) is 3.29. The monoisotopic (exact) mass is 310 g/mol. The van der Waals surface area contributed by atoms with Gasteiger partial charge in [-0.25, -0.2) is 0 Å². The van der Waals surface area contributed by atoms with Crippen LogP contribution < -0.4 is 5.73 Å². The van der Waals surface area contributed by atoms with Crippen LogP contribution in [0.2, 0.25) is 0 Å². The van der Waals surface area contributed by atoms with Crippen LogP contribution in [0, 0.1) is 0 Å². The molecule has 0 aliphatic carbocycles. The van der Waals surface area contributed by atoms with Gasteiger partial charge in [-0.15, -0.1) is 0 Å². The fraction of sp³-hybridized carbons (Fsp3) is 0.250. The van der Waals surface area contributed by atoms with E-state index in [1.54, 1.807) is 0 Å². The van der Waals surface area contributed by atoms with Gasteiger partial charge < -0.3 is 10.3 Å². The van der Waals surface area contributed by atoms with Gasteiger partial charge in [0.25, 0.3) is 0 Å². The van der Waals surface area contributed by atoms with E-state index in [0.29, 0.717) is 5.56 Å². The number of nitrogen functional groups attached to an aromatic ring is 1. The predicted molar refractivity (Wildman–Crippen MR) is 61.2 cm³/mol. The van der Waals surface area contributed by atoms with Gasteiger partial charge in [-0.1, -0.05) is 29.4 Å². The van der Waals surface area contributed by atoms with Crippen LogP contribution in [0.5, 0.6) is 0 Å². The van der Waals surface area contributed by atoms with E-state index in [0.717, 1.165) is 24.3 Å². The molecule has 21 heavy (non-hydrogen) atoms. The third-order valence-corrected chi connectivity index (χ3v) is 2.72. The lowest BCUT2D eigenvalue weighted by Gasteiger charge is -2.23. The number of nitrogens with two attached hydrogens (primary N) is 1. The summed E-state index contributed by atoms with van der Waals surface area (Å²) in [5.74, 6) is -3.54. The van der Waals surface area contributed by atoms with Crippen LogP contribution in [0.4, 0.5) is 32.2 Å². The Hall–Kier alpha value is -2.19. The van der Waals surface area contributed by atoms with Crippen molar-refractivity contribution >= 4 is 5.88 Å². The van der Waals surface area contributed by atoms with Crippen molar-refractivity contribution in [2.75, 3.05) is 5.73 Å². The van der Waals surface area contributed by atoms with Crippen molar-refractivity contribution in [2.45, 2.75) is 18.3 Å². The lowest BCUT2D eigenvalue weighted by atomic mass is 9.96. The van der Waals surface area contributed by atoms with Crippen LogP contribution in [0.1, 0.15) is 11.5 Å². The molecular weight excluding hydrogens is 302 g/mol. The molecular formula is C12H8F6N2O. The molecule has 2 aromatic rings. The Morgan fingerprint density at radius 2 is 1.48 bits per heavy atom. The normalized spacial score (nSPS) is 12.9. The van der Waals surface area contributed by atoms with Gasteiger partial charge in [-0.05, 0) is 5.56 Å². The Morgan fingerprint density at radius 1 is 0.952 bits per heavy atom. The zero-order chi connectivity index (χ0) is 15.8. The summed E-state index contributed by atoms with van der Waals surface area (Å²) in [5.41, 5.74) is 4.90. The lowest BCUT2D eigenvalue weighted by Crippen LogP contribution is -2.34. The highest BCUT2D eigenvalue weighted by molar-refractivity contribution is 5.61. The molecule has 0 atom stereocenters. The SMILES string of the molecule is Nc1cc(-c2ccc(C(C(F)(F)F)C(F)(F)F)cc2)no1. The Kier molecular flexibility index (Phi) is 3.60. The highest BCUT2D eigenvalue weighted by atomic mass is 19.4. The van der Waals surface area contributed by atoms with Gasteiger partial charge in [0.1, 0.15) is 5.69 Å². The summed E-state index contributed by atoms with van der Waals surface area (Å²) in [7, 11) is 0. The molecule has 0 unspecified atom stereocenters. The first kappa shape index (κ1) is 15.2. The second-order valence-electron chi connectivity index (χ2n) is 4.25. The highest BCUT2D eigenvalue weighted by Crippen LogP contribution is 2.46. The molecule has 2 rings (SSSR count). The number of alkyl halides is 6. The van der Waals surface area contributed by atoms with Crippen molar-refractivity contribution in [2.24, 2.45) is 0 Å². The molecule has 9 heteroatoms. The second kappa shape index (κ2) is 4.97. The maximum atomic E-state index is 12.6. The summed E-state index contributed by atoms with van der Waals surface area (Å²) in [6.45, 7) is 0. The molecule has 0 saturated carbocycles. The number of halogens is 6. The molecule has 114 valence electrons. The van der Waals surface area contributed by atoms with Crippen LogP contribution in [-0.4, -0.2) is 17.5 Å². The Labute approximate surface area is 114 Å². The van der Waals surface area contributed by atoms with E-state index >= 15 is 0 Å². The fourth-order valence-corrected chi connectivity index (χ4v) is 1.84. The van der Waals surface area contributed by atoms with Gasteiger partial charge in [0, 0.05) is 11.6 Å².